The highest BCUT2D eigenvalue weighted by Crippen LogP contribution is 2.42. The smallest absolute Gasteiger partial charge is 0.164 e. The van der Waals surface area contributed by atoms with Gasteiger partial charge in [-0.15, -0.1) is 0 Å². The van der Waals surface area contributed by atoms with Crippen molar-refractivity contribution in [3.8, 4) is 45.5 Å². The van der Waals surface area contributed by atoms with Crippen molar-refractivity contribution >= 4 is 54.4 Å². The Morgan fingerprint density at radius 1 is 0.278 bits per heavy atom. The Kier molecular flexibility index (Phi) is 6.79. The summed E-state index contributed by atoms with van der Waals surface area (Å²) >= 11 is 0. The Labute approximate surface area is 311 Å². The first-order chi connectivity index (χ1) is 26.8. The second kappa shape index (κ2) is 12.1. The first-order valence-corrected chi connectivity index (χ1v) is 18.2. The zero-order valence-electron chi connectivity index (χ0n) is 29.1. The molecule has 0 atom stereocenters. The molecule has 0 spiro atoms. The van der Waals surface area contributed by atoms with Crippen molar-refractivity contribution in [1.29, 1.82) is 0 Å². The van der Waals surface area contributed by atoms with Crippen LogP contribution in [-0.4, -0.2) is 24.1 Å². The molecule has 3 heterocycles. The van der Waals surface area contributed by atoms with Crippen LogP contribution in [0, 0.1) is 0 Å². The van der Waals surface area contributed by atoms with Crippen molar-refractivity contribution in [3.63, 3.8) is 0 Å². The summed E-state index contributed by atoms with van der Waals surface area (Å²) in [6, 6.07) is 66.2. The fraction of sp³-hybridized carbons (Fsp3) is 0. The van der Waals surface area contributed by atoms with Gasteiger partial charge >= 0.3 is 0 Å². The maximum atomic E-state index is 4.96. The first kappa shape index (κ1) is 30.3. The molecule has 11 rings (SSSR count). The molecule has 8 aromatic carbocycles. The molecular weight excluding hydrogens is 659 g/mol. The molecule has 5 nitrogen and oxygen atoms in total. The van der Waals surface area contributed by atoms with Crippen molar-refractivity contribution in [2.24, 2.45) is 0 Å². The zero-order chi connectivity index (χ0) is 35.6. The lowest BCUT2D eigenvalue weighted by Gasteiger charge is -2.12. The lowest BCUT2D eigenvalue weighted by atomic mass is 10.0. The van der Waals surface area contributed by atoms with Crippen LogP contribution in [0.1, 0.15) is 0 Å². The molecule has 0 fully saturated rings. The van der Waals surface area contributed by atoms with E-state index in [1.165, 1.54) is 43.4 Å². The van der Waals surface area contributed by atoms with E-state index in [2.05, 4.69) is 137 Å². The average molecular weight is 690 g/mol. The van der Waals surface area contributed by atoms with Gasteiger partial charge in [-0.05, 0) is 60.0 Å². The SMILES string of the molecule is c1ccc(-c2nc(-c3ccccc3)nc(-c3ccc(-n4c5ccccc5c5c6ccc7c8ccccc8n(-c8ccccc8)c7c6ccc54)cc3)n2)cc1. The van der Waals surface area contributed by atoms with E-state index in [0.717, 1.165) is 39.1 Å². The zero-order valence-corrected chi connectivity index (χ0v) is 29.1. The molecule has 0 aliphatic rings. The minimum Gasteiger partial charge on any atom is -0.309 e. The Hall–Kier alpha value is -7.37. The van der Waals surface area contributed by atoms with Crippen LogP contribution in [0.3, 0.4) is 0 Å². The molecular formula is C49H31N5. The van der Waals surface area contributed by atoms with Crippen molar-refractivity contribution < 1.29 is 0 Å². The summed E-state index contributed by atoms with van der Waals surface area (Å²) in [5.74, 6) is 1.94. The Balaban J connectivity index is 1.10. The number of rotatable bonds is 5. The van der Waals surface area contributed by atoms with Crippen LogP contribution in [0.4, 0.5) is 0 Å². The normalized spacial score (nSPS) is 11.7. The van der Waals surface area contributed by atoms with E-state index in [1.54, 1.807) is 0 Å². The highest BCUT2D eigenvalue weighted by atomic mass is 15.0. The third kappa shape index (κ3) is 4.69. The third-order valence-electron chi connectivity index (χ3n) is 10.6. The lowest BCUT2D eigenvalue weighted by Crippen LogP contribution is -2.00. The van der Waals surface area contributed by atoms with E-state index >= 15 is 0 Å². The molecule has 252 valence electrons. The van der Waals surface area contributed by atoms with Gasteiger partial charge in [-0.3, -0.25) is 0 Å². The van der Waals surface area contributed by atoms with E-state index in [9.17, 15) is 0 Å². The quantitative estimate of drug-likeness (QED) is 0.181. The molecule has 0 radical (unpaired) electrons. The van der Waals surface area contributed by atoms with Crippen LogP contribution in [0.25, 0.3) is 99.9 Å². The topological polar surface area (TPSA) is 48.5 Å². The number of hydrogen-bond acceptors (Lipinski definition) is 3. The molecule has 0 bridgehead atoms. The fourth-order valence-corrected chi connectivity index (χ4v) is 8.15. The lowest BCUT2D eigenvalue weighted by molar-refractivity contribution is 1.07. The number of hydrogen-bond donors (Lipinski definition) is 0. The van der Waals surface area contributed by atoms with Gasteiger partial charge in [0.2, 0.25) is 0 Å². The third-order valence-corrected chi connectivity index (χ3v) is 10.6. The predicted octanol–water partition coefficient (Wildman–Crippen LogP) is 12.2. The summed E-state index contributed by atoms with van der Waals surface area (Å²) in [7, 11) is 0. The van der Waals surface area contributed by atoms with Gasteiger partial charge in [-0.25, -0.2) is 15.0 Å². The van der Waals surface area contributed by atoms with Crippen LogP contribution >= 0.6 is 0 Å². The van der Waals surface area contributed by atoms with Gasteiger partial charge in [0, 0.05) is 55.0 Å². The van der Waals surface area contributed by atoms with E-state index in [0.29, 0.717) is 17.5 Å². The molecule has 0 unspecified atom stereocenters. The molecule has 0 saturated heterocycles. The Morgan fingerprint density at radius 2 is 0.722 bits per heavy atom. The summed E-state index contributed by atoms with van der Waals surface area (Å²) in [4.78, 5) is 14.8. The number of fused-ring (bicyclic) bond motifs is 9. The van der Waals surface area contributed by atoms with Crippen LogP contribution in [0.5, 0.6) is 0 Å². The van der Waals surface area contributed by atoms with E-state index in [4.69, 9.17) is 15.0 Å². The van der Waals surface area contributed by atoms with Crippen molar-refractivity contribution in [2.45, 2.75) is 0 Å². The minimum absolute atomic E-state index is 0.639. The molecule has 0 aliphatic carbocycles. The van der Waals surface area contributed by atoms with E-state index in [-0.39, 0.29) is 0 Å². The highest BCUT2D eigenvalue weighted by Gasteiger charge is 2.20. The average Bonchev–Trinajstić information content (AvgIpc) is 3.78. The monoisotopic (exact) mass is 689 g/mol. The molecule has 5 heteroatoms. The van der Waals surface area contributed by atoms with Gasteiger partial charge in [0.1, 0.15) is 0 Å². The molecule has 0 amide bonds. The Bertz CT molecular complexity index is 3120. The second-order valence-electron chi connectivity index (χ2n) is 13.6. The Morgan fingerprint density at radius 3 is 1.35 bits per heavy atom. The summed E-state index contributed by atoms with van der Waals surface area (Å²) in [5, 5.41) is 7.45. The number of para-hydroxylation sites is 3. The van der Waals surface area contributed by atoms with Crippen molar-refractivity contribution in [2.75, 3.05) is 0 Å². The summed E-state index contributed by atoms with van der Waals surface area (Å²) in [6.07, 6.45) is 0. The van der Waals surface area contributed by atoms with Gasteiger partial charge in [0.05, 0.1) is 22.1 Å². The molecule has 0 aliphatic heterocycles. The summed E-state index contributed by atoms with van der Waals surface area (Å²) in [6.45, 7) is 0. The van der Waals surface area contributed by atoms with Gasteiger partial charge in [-0.2, -0.15) is 0 Å². The molecule has 3 aromatic heterocycles. The molecule has 54 heavy (non-hydrogen) atoms. The molecule has 11 aromatic rings. The molecule has 0 saturated carbocycles. The van der Waals surface area contributed by atoms with Crippen molar-refractivity contribution in [3.05, 3.63) is 188 Å². The number of aromatic nitrogens is 5. The standard InChI is InChI=1S/C49H31N5/c1-4-14-32(15-5-1)47-50-48(33-16-6-2-7-17-33)52-49(51-47)34-24-26-36(27-25-34)53-43-23-13-11-21-41(43)45-38-28-29-39-37-20-10-12-22-42(37)54(35-18-8-3-9-19-35)46(39)40(38)30-31-44(45)53/h1-31H. The van der Waals surface area contributed by atoms with Gasteiger partial charge in [-0.1, -0.05) is 133 Å². The predicted molar refractivity (Wildman–Crippen MR) is 222 cm³/mol. The second-order valence-corrected chi connectivity index (χ2v) is 13.6. The maximum Gasteiger partial charge on any atom is 0.164 e. The fourth-order valence-electron chi connectivity index (χ4n) is 8.15. The minimum atomic E-state index is 0.639. The molecule has 0 N–H and O–H groups in total. The first-order valence-electron chi connectivity index (χ1n) is 18.2. The van der Waals surface area contributed by atoms with Crippen LogP contribution in [0.15, 0.2) is 188 Å². The van der Waals surface area contributed by atoms with Crippen LogP contribution < -0.4 is 0 Å². The number of benzene rings is 8. The van der Waals surface area contributed by atoms with E-state index in [1.807, 2.05) is 60.7 Å². The van der Waals surface area contributed by atoms with Crippen molar-refractivity contribution in [1.82, 2.24) is 24.1 Å². The largest absolute Gasteiger partial charge is 0.309 e. The number of nitrogens with zero attached hydrogens (tertiary/aromatic N) is 5. The van der Waals surface area contributed by atoms with Gasteiger partial charge in [0.25, 0.3) is 0 Å². The van der Waals surface area contributed by atoms with E-state index < -0.39 is 0 Å². The highest BCUT2D eigenvalue weighted by molar-refractivity contribution is 6.27. The van der Waals surface area contributed by atoms with Gasteiger partial charge < -0.3 is 9.13 Å². The van der Waals surface area contributed by atoms with Crippen LogP contribution in [0.2, 0.25) is 0 Å². The maximum absolute atomic E-state index is 4.96. The van der Waals surface area contributed by atoms with Gasteiger partial charge in [0.15, 0.2) is 17.5 Å². The summed E-state index contributed by atoms with van der Waals surface area (Å²) < 4.78 is 4.80. The summed E-state index contributed by atoms with van der Waals surface area (Å²) in [5.41, 5.74) is 9.82. The van der Waals surface area contributed by atoms with Crippen LogP contribution in [-0.2, 0) is 0 Å².